The zero-order valence-electron chi connectivity index (χ0n) is 12.0. The highest BCUT2D eigenvalue weighted by atomic mass is 16.5. The minimum Gasteiger partial charge on any atom is -0.460 e. The molecule has 5 heteroatoms. The van der Waals surface area contributed by atoms with E-state index in [0.29, 0.717) is 5.82 Å². The van der Waals surface area contributed by atoms with Crippen molar-refractivity contribution in [3.8, 4) is 0 Å². The maximum atomic E-state index is 12.0. The fraction of sp³-hybridized carbons (Fsp3) is 0.400. The quantitative estimate of drug-likeness (QED) is 0.850. The highest BCUT2D eigenvalue weighted by Crippen LogP contribution is 2.16. The lowest BCUT2D eigenvalue weighted by atomic mass is 10.1. The van der Waals surface area contributed by atoms with Crippen molar-refractivity contribution in [2.24, 2.45) is 0 Å². The van der Waals surface area contributed by atoms with E-state index in [2.05, 4.69) is 15.2 Å². The normalized spacial score (nSPS) is 12.4. The summed E-state index contributed by atoms with van der Waals surface area (Å²) in [6.07, 6.45) is 0. The molecule has 0 aliphatic heterocycles. The largest absolute Gasteiger partial charge is 0.460 e. The number of nitrogens with one attached hydrogen (secondary N) is 1. The molecule has 0 aliphatic rings. The number of esters is 1. The lowest BCUT2D eigenvalue weighted by Gasteiger charge is -2.09. The molecule has 0 fully saturated rings. The number of benzene rings is 1. The molecule has 0 bridgehead atoms. The highest BCUT2D eigenvalue weighted by molar-refractivity contribution is 5.76. The summed E-state index contributed by atoms with van der Waals surface area (Å²) in [7, 11) is 0. The van der Waals surface area contributed by atoms with E-state index >= 15 is 0 Å². The summed E-state index contributed by atoms with van der Waals surface area (Å²) in [5.74, 6) is 0.831. The Labute approximate surface area is 118 Å². The second kappa shape index (κ2) is 6.32. The van der Waals surface area contributed by atoms with Crippen molar-refractivity contribution in [2.75, 3.05) is 0 Å². The standard InChI is InChI=1S/C15H19N3O2/c1-10(2)13-16-14(18-17-13)11(3)15(19)20-9-12-7-5-4-6-8-12/h4-8,10-11H,9H2,1-3H3,(H,16,17,18)/t11-/m0/s1. The van der Waals surface area contributed by atoms with Gasteiger partial charge in [0.05, 0.1) is 0 Å². The zero-order valence-corrected chi connectivity index (χ0v) is 12.0. The van der Waals surface area contributed by atoms with Gasteiger partial charge in [0.1, 0.15) is 24.2 Å². The first-order chi connectivity index (χ1) is 9.58. The Bertz CT molecular complexity index is 564. The van der Waals surface area contributed by atoms with E-state index in [9.17, 15) is 4.79 Å². The predicted octanol–water partition coefficient (Wildman–Crippen LogP) is 2.78. The first-order valence-electron chi connectivity index (χ1n) is 6.71. The Balaban J connectivity index is 1.94. The lowest BCUT2D eigenvalue weighted by Crippen LogP contribution is -2.14. The van der Waals surface area contributed by atoms with Crippen LogP contribution in [0.15, 0.2) is 30.3 Å². The molecule has 0 saturated carbocycles. The molecular formula is C15H19N3O2. The molecule has 106 valence electrons. The van der Waals surface area contributed by atoms with Crippen molar-refractivity contribution < 1.29 is 9.53 Å². The first kappa shape index (κ1) is 14.2. The van der Waals surface area contributed by atoms with Crippen molar-refractivity contribution in [1.82, 2.24) is 15.2 Å². The molecule has 1 aromatic carbocycles. The molecule has 5 nitrogen and oxygen atoms in total. The molecule has 1 heterocycles. The van der Waals surface area contributed by atoms with Crippen LogP contribution in [0.1, 0.15) is 49.8 Å². The number of aromatic nitrogens is 3. The number of carbonyl (C=O) groups excluding carboxylic acids is 1. The number of ether oxygens (including phenoxy) is 1. The first-order valence-corrected chi connectivity index (χ1v) is 6.71. The van der Waals surface area contributed by atoms with Crippen molar-refractivity contribution >= 4 is 5.97 Å². The topological polar surface area (TPSA) is 67.9 Å². The van der Waals surface area contributed by atoms with E-state index in [1.54, 1.807) is 6.92 Å². The van der Waals surface area contributed by atoms with Crippen LogP contribution in [0.25, 0.3) is 0 Å². The van der Waals surface area contributed by atoms with Gasteiger partial charge >= 0.3 is 5.97 Å². The Kier molecular flexibility index (Phi) is 4.50. The van der Waals surface area contributed by atoms with Crippen LogP contribution >= 0.6 is 0 Å². The maximum absolute atomic E-state index is 12.0. The van der Waals surface area contributed by atoms with Crippen LogP contribution in [-0.4, -0.2) is 21.2 Å². The molecule has 0 saturated heterocycles. The van der Waals surface area contributed by atoms with Crippen molar-refractivity contribution in [3.05, 3.63) is 47.5 Å². The molecule has 1 aromatic heterocycles. The summed E-state index contributed by atoms with van der Waals surface area (Å²) in [5.41, 5.74) is 0.966. The summed E-state index contributed by atoms with van der Waals surface area (Å²) >= 11 is 0. The van der Waals surface area contributed by atoms with Gasteiger partial charge in [-0.15, -0.1) is 10.2 Å². The van der Waals surface area contributed by atoms with Gasteiger partial charge < -0.3 is 9.72 Å². The van der Waals surface area contributed by atoms with Crippen LogP contribution in [0.3, 0.4) is 0 Å². The van der Waals surface area contributed by atoms with Gasteiger partial charge in [-0.2, -0.15) is 0 Å². The fourth-order valence-corrected chi connectivity index (χ4v) is 1.71. The number of aromatic amines is 1. The third-order valence-electron chi connectivity index (χ3n) is 3.06. The third-order valence-corrected chi connectivity index (χ3v) is 3.06. The van der Waals surface area contributed by atoms with Gasteiger partial charge in [-0.1, -0.05) is 44.2 Å². The molecule has 20 heavy (non-hydrogen) atoms. The van der Waals surface area contributed by atoms with Gasteiger partial charge in [0.2, 0.25) is 0 Å². The van der Waals surface area contributed by atoms with Gasteiger partial charge in [-0.25, -0.2) is 0 Å². The summed E-state index contributed by atoms with van der Waals surface area (Å²) in [4.78, 5) is 15.1. The van der Waals surface area contributed by atoms with Crippen molar-refractivity contribution in [3.63, 3.8) is 0 Å². The molecule has 0 radical (unpaired) electrons. The number of carbonyl (C=O) groups is 1. The number of hydrogen-bond acceptors (Lipinski definition) is 4. The molecule has 2 rings (SSSR count). The van der Waals surface area contributed by atoms with Crippen LogP contribution in [0.2, 0.25) is 0 Å². The van der Waals surface area contributed by atoms with Gasteiger partial charge in [0.15, 0.2) is 0 Å². The zero-order chi connectivity index (χ0) is 14.5. The summed E-state index contributed by atoms with van der Waals surface area (Å²) in [5, 5.41) is 8.03. The summed E-state index contributed by atoms with van der Waals surface area (Å²) < 4.78 is 5.29. The Morgan fingerprint density at radius 3 is 2.40 bits per heavy atom. The number of nitrogens with zero attached hydrogens (tertiary/aromatic N) is 2. The lowest BCUT2D eigenvalue weighted by molar-refractivity contribution is -0.146. The molecular weight excluding hydrogens is 254 g/mol. The van der Waals surface area contributed by atoms with Crippen LogP contribution in [0.4, 0.5) is 0 Å². The summed E-state index contributed by atoms with van der Waals surface area (Å²) in [6.45, 7) is 6.07. The van der Waals surface area contributed by atoms with Crippen LogP contribution in [0.5, 0.6) is 0 Å². The van der Waals surface area contributed by atoms with Gasteiger partial charge in [0, 0.05) is 5.92 Å². The maximum Gasteiger partial charge on any atom is 0.316 e. The Hall–Kier alpha value is -2.17. The SMILES string of the molecule is CC(C)c1nnc([C@H](C)C(=O)OCc2ccccc2)[nH]1. The van der Waals surface area contributed by atoms with Gasteiger partial charge in [-0.05, 0) is 12.5 Å². The van der Waals surface area contributed by atoms with Gasteiger partial charge in [0.25, 0.3) is 0 Å². The van der Waals surface area contributed by atoms with Crippen molar-refractivity contribution in [2.45, 2.75) is 39.2 Å². The minimum atomic E-state index is -0.446. The second-order valence-corrected chi connectivity index (χ2v) is 5.07. The van der Waals surface area contributed by atoms with Crippen LogP contribution in [-0.2, 0) is 16.1 Å². The number of rotatable bonds is 5. The van der Waals surface area contributed by atoms with Crippen LogP contribution in [0, 0.1) is 0 Å². The minimum absolute atomic E-state index is 0.254. The Morgan fingerprint density at radius 1 is 1.15 bits per heavy atom. The molecule has 0 aliphatic carbocycles. The summed E-state index contributed by atoms with van der Waals surface area (Å²) in [6, 6.07) is 9.60. The molecule has 0 unspecified atom stereocenters. The highest BCUT2D eigenvalue weighted by Gasteiger charge is 2.21. The molecule has 0 amide bonds. The van der Waals surface area contributed by atoms with E-state index < -0.39 is 5.92 Å². The monoisotopic (exact) mass is 273 g/mol. The third kappa shape index (κ3) is 3.44. The van der Waals surface area contributed by atoms with Gasteiger partial charge in [-0.3, -0.25) is 4.79 Å². The van der Waals surface area contributed by atoms with Crippen LogP contribution < -0.4 is 0 Å². The van der Waals surface area contributed by atoms with E-state index in [0.717, 1.165) is 11.4 Å². The molecule has 2 aromatic rings. The smallest absolute Gasteiger partial charge is 0.316 e. The second-order valence-electron chi connectivity index (χ2n) is 5.07. The molecule has 0 spiro atoms. The van der Waals surface area contributed by atoms with Crippen molar-refractivity contribution in [1.29, 1.82) is 0 Å². The molecule has 1 atom stereocenters. The van der Waals surface area contributed by atoms with E-state index in [1.807, 2.05) is 44.2 Å². The van der Waals surface area contributed by atoms with E-state index in [-0.39, 0.29) is 18.5 Å². The molecule has 1 N–H and O–H groups in total. The average molecular weight is 273 g/mol. The predicted molar refractivity (Wildman–Crippen MR) is 75.1 cm³/mol. The number of H-pyrrole nitrogens is 1. The number of hydrogen-bond donors (Lipinski definition) is 1. The van der Waals surface area contributed by atoms with E-state index in [1.165, 1.54) is 0 Å². The average Bonchev–Trinajstić information content (AvgIpc) is 2.95. The van der Waals surface area contributed by atoms with E-state index in [4.69, 9.17) is 4.74 Å². The fourth-order valence-electron chi connectivity index (χ4n) is 1.71. The Morgan fingerprint density at radius 2 is 1.80 bits per heavy atom.